The molecule has 47 heavy (non-hydrogen) atoms. The van der Waals surface area contributed by atoms with Crippen LogP contribution in [0.25, 0.3) is 28.2 Å². The molecule has 5 aromatic carbocycles. The van der Waals surface area contributed by atoms with Crippen molar-refractivity contribution in [2.24, 2.45) is 0 Å². The monoisotopic (exact) mass is 644 g/mol. The molecule has 0 aliphatic carbocycles. The number of amides is 1. The van der Waals surface area contributed by atoms with E-state index in [9.17, 15) is 13.2 Å². The Morgan fingerprint density at radius 2 is 1.40 bits per heavy atom. The smallest absolute Gasteiger partial charge is 0.261 e. The Bertz CT molecular complexity index is 2090. The molecule has 0 spiro atoms. The number of carbonyl (C=O) groups excluding carboxylic acids is 1. The summed E-state index contributed by atoms with van der Waals surface area (Å²) in [7, 11) is -2.22. The van der Waals surface area contributed by atoms with E-state index >= 15 is 0 Å². The third kappa shape index (κ3) is 7.34. The van der Waals surface area contributed by atoms with Crippen molar-refractivity contribution >= 4 is 27.3 Å². The molecule has 0 radical (unpaired) electrons. The highest BCUT2D eigenvalue weighted by Gasteiger charge is 2.18. The molecule has 10 heteroatoms. The van der Waals surface area contributed by atoms with Gasteiger partial charge in [-0.25, -0.2) is 13.1 Å². The number of benzene rings is 5. The van der Waals surface area contributed by atoms with Crippen molar-refractivity contribution in [3.05, 3.63) is 139 Å². The van der Waals surface area contributed by atoms with Crippen LogP contribution in [0, 0.1) is 0 Å². The molecule has 6 rings (SSSR count). The van der Waals surface area contributed by atoms with E-state index < -0.39 is 10.0 Å². The molecule has 0 aliphatic heterocycles. The normalized spacial score (nSPS) is 11.1. The van der Waals surface area contributed by atoms with Crippen molar-refractivity contribution in [2.75, 3.05) is 17.1 Å². The van der Waals surface area contributed by atoms with Crippen LogP contribution in [0.3, 0.4) is 0 Å². The SMILES string of the molecule is COc1ccccc1-n1nc(-c2ccc(NS(=O)(=O)c3ccc(NC(C)=O)cc3)cc2)cc1-c1ccc(OCc2ccccc2)cc1. The molecule has 1 heterocycles. The van der Waals surface area contributed by atoms with Crippen molar-refractivity contribution < 1.29 is 22.7 Å². The summed E-state index contributed by atoms with van der Waals surface area (Å²) in [5.41, 5.74) is 6.03. The number of nitrogens with one attached hydrogen (secondary N) is 2. The fourth-order valence-corrected chi connectivity index (χ4v) is 6.08. The zero-order chi connectivity index (χ0) is 32.8. The van der Waals surface area contributed by atoms with Gasteiger partial charge in [-0.3, -0.25) is 9.52 Å². The molecule has 0 saturated carbocycles. The first-order chi connectivity index (χ1) is 22.8. The third-order valence-electron chi connectivity index (χ3n) is 7.34. The highest BCUT2D eigenvalue weighted by Crippen LogP contribution is 2.33. The lowest BCUT2D eigenvalue weighted by atomic mass is 10.1. The van der Waals surface area contributed by atoms with Crippen molar-refractivity contribution in [2.45, 2.75) is 18.4 Å². The molecule has 0 bridgehead atoms. The van der Waals surface area contributed by atoms with Crippen molar-refractivity contribution in [3.63, 3.8) is 0 Å². The first-order valence-electron chi connectivity index (χ1n) is 14.8. The van der Waals surface area contributed by atoms with Crippen LogP contribution in [0.5, 0.6) is 11.5 Å². The lowest BCUT2D eigenvalue weighted by Crippen LogP contribution is -2.13. The van der Waals surface area contributed by atoms with E-state index in [0.29, 0.717) is 29.4 Å². The predicted molar refractivity (Wildman–Crippen MR) is 183 cm³/mol. The zero-order valence-corrected chi connectivity index (χ0v) is 26.6. The molecule has 1 aromatic heterocycles. The van der Waals surface area contributed by atoms with E-state index in [-0.39, 0.29) is 10.8 Å². The first kappa shape index (κ1) is 31.1. The fraction of sp³-hybridized carbons (Fsp3) is 0.0811. The number of anilines is 2. The Morgan fingerprint density at radius 3 is 2.09 bits per heavy atom. The van der Waals surface area contributed by atoms with Gasteiger partial charge in [0.15, 0.2) is 0 Å². The minimum atomic E-state index is -3.85. The van der Waals surface area contributed by atoms with Gasteiger partial charge >= 0.3 is 0 Å². The Labute approximate surface area is 273 Å². The third-order valence-corrected chi connectivity index (χ3v) is 8.74. The van der Waals surface area contributed by atoms with E-state index in [0.717, 1.165) is 33.8 Å². The van der Waals surface area contributed by atoms with Gasteiger partial charge < -0.3 is 14.8 Å². The van der Waals surface area contributed by atoms with Crippen LogP contribution in [0.1, 0.15) is 12.5 Å². The molecular weight excluding hydrogens is 612 g/mol. The maximum absolute atomic E-state index is 13.0. The first-order valence-corrected chi connectivity index (χ1v) is 16.3. The molecule has 0 fully saturated rings. The summed E-state index contributed by atoms with van der Waals surface area (Å²) in [6, 6.07) is 40.5. The van der Waals surface area contributed by atoms with Gasteiger partial charge in [-0.05, 0) is 84.4 Å². The van der Waals surface area contributed by atoms with E-state index in [1.165, 1.54) is 19.1 Å². The van der Waals surface area contributed by atoms with Crippen molar-refractivity contribution in [3.8, 4) is 39.7 Å². The molecule has 6 aromatic rings. The van der Waals surface area contributed by atoms with Crippen LogP contribution >= 0.6 is 0 Å². The molecule has 9 nitrogen and oxygen atoms in total. The number of hydrogen-bond acceptors (Lipinski definition) is 6. The number of para-hydroxylation sites is 2. The maximum atomic E-state index is 13.0. The number of rotatable bonds is 11. The standard InChI is InChI=1S/C37H32N4O5S/c1-26(42)38-30-18-22-33(23-19-30)47(43,44)40-31-16-12-28(13-17-31)34-24-36(41(39-34)35-10-6-7-11-37(35)45-2)29-14-20-32(21-15-29)46-25-27-8-4-3-5-9-27/h3-24,40H,25H2,1-2H3,(H,38,42). The van der Waals surface area contributed by atoms with Gasteiger partial charge in [0.2, 0.25) is 5.91 Å². The van der Waals surface area contributed by atoms with E-state index in [4.69, 9.17) is 14.6 Å². The minimum absolute atomic E-state index is 0.0763. The molecule has 2 N–H and O–H groups in total. The molecule has 0 aliphatic rings. The summed E-state index contributed by atoms with van der Waals surface area (Å²) in [4.78, 5) is 11.4. The average molecular weight is 645 g/mol. The predicted octanol–water partition coefficient (Wildman–Crippen LogP) is 7.55. The lowest BCUT2D eigenvalue weighted by Gasteiger charge is -2.12. The van der Waals surface area contributed by atoms with Crippen LogP contribution in [0.4, 0.5) is 11.4 Å². The number of ether oxygens (including phenoxy) is 2. The topological polar surface area (TPSA) is 112 Å². The number of nitrogens with zero attached hydrogens (tertiary/aromatic N) is 2. The highest BCUT2D eigenvalue weighted by atomic mass is 32.2. The summed E-state index contributed by atoms with van der Waals surface area (Å²) in [5, 5.41) is 7.58. The summed E-state index contributed by atoms with van der Waals surface area (Å²) in [5.74, 6) is 1.18. The zero-order valence-electron chi connectivity index (χ0n) is 25.8. The van der Waals surface area contributed by atoms with Gasteiger partial charge in [-0.15, -0.1) is 0 Å². The van der Waals surface area contributed by atoms with Gasteiger partial charge in [0.05, 0.1) is 23.4 Å². The summed E-state index contributed by atoms with van der Waals surface area (Å²) in [6.45, 7) is 1.86. The largest absolute Gasteiger partial charge is 0.494 e. The number of sulfonamides is 1. The van der Waals surface area contributed by atoms with E-state index in [1.54, 1.807) is 31.4 Å². The second kappa shape index (κ2) is 13.6. The Hall–Kier alpha value is -5.87. The lowest BCUT2D eigenvalue weighted by molar-refractivity contribution is -0.114. The average Bonchev–Trinajstić information content (AvgIpc) is 3.53. The summed E-state index contributed by atoms with van der Waals surface area (Å²) >= 11 is 0. The number of methoxy groups -OCH3 is 1. The minimum Gasteiger partial charge on any atom is -0.494 e. The molecular formula is C37H32N4O5S. The number of aromatic nitrogens is 2. The number of hydrogen-bond donors (Lipinski definition) is 2. The highest BCUT2D eigenvalue weighted by molar-refractivity contribution is 7.92. The second-order valence-electron chi connectivity index (χ2n) is 10.7. The van der Waals surface area contributed by atoms with E-state index in [1.807, 2.05) is 102 Å². The van der Waals surface area contributed by atoms with Gasteiger partial charge in [0.25, 0.3) is 10.0 Å². The maximum Gasteiger partial charge on any atom is 0.261 e. The molecule has 1 amide bonds. The van der Waals surface area contributed by atoms with Gasteiger partial charge in [-0.2, -0.15) is 5.10 Å². The van der Waals surface area contributed by atoms with Gasteiger partial charge in [0, 0.05) is 29.4 Å². The van der Waals surface area contributed by atoms with Crippen LogP contribution in [0.2, 0.25) is 0 Å². The Balaban J connectivity index is 1.26. The van der Waals surface area contributed by atoms with Gasteiger partial charge in [0.1, 0.15) is 23.8 Å². The van der Waals surface area contributed by atoms with E-state index in [2.05, 4.69) is 10.0 Å². The Morgan fingerprint density at radius 1 is 0.766 bits per heavy atom. The Kier molecular flexibility index (Phi) is 9.03. The molecule has 0 saturated heterocycles. The fourth-order valence-electron chi connectivity index (χ4n) is 5.02. The molecule has 236 valence electrons. The van der Waals surface area contributed by atoms with Crippen LogP contribution in [-0.2, 0) is 21.4 Å². The molecule has 0 atom stereocenters. The molecule has 0 unspecified atom stereocenters. The summed E-state index contributed by atoms with van der Waals surface area (Å²) in [6.07, 6.45) is 0. The van der Waals surface area contributed by atoms with Crippen molar-refractivity contribution in [1.82, 2.24) is 9.78 Å². The van der Waals surface area contributed by atoms with Crippen LogP contribution in [-0.4, -0.2) is 31.2 Å². The van der Waals surface area contributed by atoms with Crippen LogP contribution in [0.15, 0.2) is 138 Å². The quantitative estimate of drug-likeness (QED) is 0.151. The van der Waals surface area contributed by atoms with Gasteiger partial charge in [-0.1, -0.05) is 54.6 Å². The number of carbonyl (C=O) groups is 1. The van der Waals surface area contributed by atoms with Crippen molar-refractivity contribution in [1.29, 1.82) is 0 Å². The second-order valence-corrected chi connectivity index (χ2v) is 12.4. The van der Waals surface area contributed by atoms with Crippen LogP contribution < -0.4 is 19.5 Å². The summed E-state index contributed by atoms with van der Waals surface area (Å²) < 4.78 is 42.1.